The predicted molar refractivity (Wildman–Crippen MR) is 96.7 cm³/mol. The Hall–Kier alpha value is -2.83. The normalized spacial score (nSPS) is 20.7. The van der Waals surface area contributed by atoms with Crippen LogP contribution in [-0.2, 0) is 4.79 Å². The maximum absolute atomic E-state index is 12.7. The Bertz CT molecular complexity index is 669. The van der Waals surface area contributed by atoms with E-state index in [1.807, 2.05) is 0 Å². The molecule has 1 saturated heterocycles. The summed E-state index contributed by atoms with van der Waals surface area (Å²) >= 11 is 0. The number of nitrogens with two attached hydrogens (primary N) is 1. The van der Waals surface area contributed by atoms with E-state index in [2.05, 4.69) is 16.9 Å². The maximum atomic E-state index is 12.7. The van der Waals surface area contributed by atoms with Gasteiger partial charge in [0.1, 0.15) is 5.75 Å². The highest BCUT2D eigenvalue weighted by Crippen LogP contribution is 2.22. The summed E-state index contributed by atoms with van der Waals surface area (Å²) in [7, 11) is 3.14. The second kappa shape index (κ2) is 8.32. The predicted octanol–water partition coefficient (Wildman–Crippen LogP) is 0.815. The fraction of sp³-hybridized carbons (Fsp3) is 0.389. The Morgan fingerprint density at radius 3 is 2.64 bits per heavy atom. The fourth-order valence-electron chi connectivity index (χ4n) is 2.95. The average molecular weight is 344 g/mol. The Morgan fingerprint density at radius 1 is 1.40 bits per heavy atom. The molecule has 0 spiro atoms. The number of carbonyl (C=O) groups is 2. The first-order chi connectivity index (χ1) is 12.0. The van der Waals surface area contributed by atoms with Crippen LogP contribution in [0.2, 0.25) is 0 Å². The number of allylic oxidation sites excluding steroid dienone is 1. The number of ether oxygens (including phenoxy) is 1. The average Bonchev–Trinajstić information content (AvgIpc) is 2.66. The molecule has 7 nitrogen and oxygen atoms in total. The van der Waals surface area contributed by atoms with E-state index in [1.54, 1.807) is 43.3 Å². The number of likely N-dealkylation sites (tertiary alicyclic amines) is 1. The minimum absolute atomic E-state index is 0.0575. The number of benzene rings is 1. The summed E-state index contributed by atoms with van der Waals surface area (Å²) in [4.78, 5) is 30.4. The molecule has 1 aliphatic rings. The molecule has 134 valence electrons. The van der Waals surface area contributed by atoms with Crippen LogP contribution in [0.15, 0.2) is 41.9 Å². The van der Waals surface area contributed by atoms with Gasteiger partial charge in [0.05, 0.1) is 13.2 Å². The van der Waals surface area contributed by atoms with Gasteiger partial charge >= 0.3 is 0 Å². The second-order valence-electron chi connectivity index (χ2n) is 5.84. The molecule has 1 amide bonds. The summed E-state index contributed by atoms with van der Waals surface area (Å²) in [5, 5.41) is 3.03. The number of amides is 1. The van der Waals surface area contributed by atoms with Crippen molar-refractivity contribution in [3.63, 3.8) is 0 Å². The molecule has 0 aromatic heterocycles. The van der Waals surface area contributed by atoms with Crippen LogP contribution >= 0.6 is 0 Å². The minimum Gasteiger partial charge on any atom is -0.497 e. The molecule has 3 N–H and O–H groups in total. The van der Waals surface area contributed by atoms with E-state index in [1.165, 1.54) is 6.08 Å². The van der Waals surface area contributed by atoms with E-state index in [0.29, 0.717) is 30.8 Å². The highest BCUT2D eigenvalue weighted by molar-refractivity contribution is 5.95. The lowest BCUT2D eigenvalue weighted by Crippen LogP contribution is -2.57. The van der Waals surface area contributed by atoms with Gasteiger partial charge in [0.25, 0.3) is 5.91 Å². The Labute approximate surface area is 147 Å². The molecule has 1 aromatic rings. The SMILES string of the molecule is C=CC(=O)C1CCN(C(=O)c2ccc(OC)cc2)C[C@@H]1NC(N)=NC. The number of ketones is 1. The summed E-state index contributed by atoms with van der Waals surface area (Å²) < 4.78 is 5.11. The first-order valence-electron chi connectivity index (χ1n) is 8.08. The molecule has 0 bridgehead atoms. The van der Waals surface area contributed by atoms with Crippen LogP contribution in [0, 0.1) is 5.92 Å². The van der Waals surface area contributed by atoms with E-state index >= 15 is 0 Å². The van der Waals surface area contributed by atoms with Crippen molar-refractivity contribution in [2.75, 3.05) is 27.2 Å². The molecule has 1 unspecified atom stereocenters. The quantitative estimate of drug-likeness (QED) is 0.468. The number of hydrogen-bond donors (Lipinski definition) is 2. The van der Waals surface area contributed by atoms with Gasteiger partial charge < -0.3 is 20.7 Å². The number of aliphatic imine (C=N–C) groups is 1. The maximum Gasteiger partial charge on any atom is 0.253 e. The van der Waals surface area contributed by atoms with E-state index in [0.717, 1.165) is 0 Å². The third kappa shape index (κ3) is 4.37. The van der Waals surface area contributed by atoms with Gasteiger partial charge in [0.2, 0.25) is 0 Å². The molecule has 0 radical (unpaired) electrons. The Morgan fingerprint density at radius 2 is 2.08 bits per heavy atom. The minimum atomic E-state index is -0.301. The van der Waals surface area contributed by atoms with Crippen LogP contribution in [0.1, 0.15) is 16.8 Å². The monoisotopic (exact) mass is 344 g/mol. The van der Waals surface area contributed by atoms with Crippen LogP contribution in [0.25, 0.3) is 0 Å². The van der Waals surface area contributed by atoms with Crippen LogP contribution in [0.5, 0.6) is 5.75 Å². The lowest BCUT2D eigenvalue weighted by molar-refractivity contribution is -0.120. The second-order valence-corrected chi connectivity index (χ2v) is 5.84. The van der Waals surface area contributed by atoms with Gasteiger partial charge in [0, 0.05) is 31.6 Å². The van der Waals surface area contributed by atoms with Crippen molar-refractivity contribution in [1.29, 1.82) is 0 Å². The molecular weight excluding hydrogens is 320 g/mol. The van der Waals surface area contributed by atoms with Gasteiger partial charge in [-0.2, -0.15) is 0 Å². The van der Waals surface area contributed by atoms with E-state index < -0.39 is 0 Å². The van der Waals surface area contributed by atoms with Crippen molar-refractivity contribution in [3.8, 4) is 5.75 Å². The van der Waals surface area contributed by atoms with Gasteiger partial charge in [-0.3, -0.25) is 14.6 Å². The van der Waals surface area contributed by atoms with E-state index in [-0.39, 0.29) is 29.6 Å². The molecule has 1 fully saturated rings. The van der Waals surface area contributed by atoms with Gasteiger partial charge in [-0.15, -0.1) is 0 Å². The first-order valence-corrected chi connectivity index (χ1v) is 8.08. The number of piperidine rings is 1. The molecular formula is C18H24N4O3. The van der Waals surface area contributed by atoms with Crippen molar-refractivity contribution in [2.45, 2.75) is 12.5 Å². The zero-order valence-electron chi connectivity index (χ0n) is 14.6. The first kappa shape index (κ1) is 18.5. The number of nitrogens with zero attached hydrogens (tertiary/aromatic N) is 2. The standard InChI is InChI=1S/C18H24N4O3/c1-4-16(23)14-9-10-22(11-15(14)21-18(19)20-2)17(24)12-5-7-13(25-3)8-6-12/h4-8,14-15H,1,9-11H2,2-3H3,(H3,19,20,21)/t14?,15-/m0/s1. The van der Waals surface area contributed by atoms with Crippen molar-refractivity contribution >= 4 is 17.6 Å². The number of hydrogen-bond acceptors (Lipinski definition) is 4. The van der Waals surface area contributed by atoms with Gasteiger partial charge in [-0.05, 0) is 36.8 Å². The van der Waals surface area contributed by atoms with Crippen LogP contribution < -0.4 is 15.8 Å². The zero-order valence-corrected chi connectivity index (χ0v) is 14.6. The number of rotatable bonds is 5. The smallest absolute Gasteiger partial charge is 0.253 e. The molecule has 2 rings (SSSR count). The molecule has 7 heteroatoms. The summed E-state index contributed by atoms with van der Waals surface area (Å²) in [5.41, 5.74) is 6.33. The van der Waals surface area contributed by atoms with Gasteiger partial charge in [-0.25, -0.2) is 0 Å². The molecule has 1 aromatic carbocycles. The summed E-state index contributed by atoms with van der Waals surface area (Å²) in [6, 6.07) is 6.65. The van der Waals surface area contributed by atoms with Crippen molar-refractivity contribution in [2.24, 2.45) is 16.6 Å². The zero-order chi connectivity index (χ0) is 18.4. The third-order valence-electron chi connectivity index (χ3n) is 4.38. The number of nitrogens with one attached hydrogen (secondary N) is 1. The van der Waals surface area contributed by atoms with Crippen LogP contribution in [0.4, 0.5) is 0 Å². The number of guanidine groups is 1. The number of carbonyl (C=O) groups excluding carboxylic acids is 2. The summed E-state index contributed by atoms with van der Waals surface area (Å²) in [6.07, 6.45) is 1.86. The molecule has 25 heavy (non-hydrogen) atoms. The molecule has 1 heterocycles. The van der Waals surface area contributed by atoms with Crippen molar-refractivity contribution < 1.29 is 14.3 Å². The van der Waals surface area contributed by atoms with Crippen LogP contribution in [-0.4, -0.2) is 55.8 Å². The van der Waals surface area contributed by atoms with Crippen molar-refractivity contribution in [1.82, 2.24) is 10.2 Å². The van der Waals surface area contributed by atoms with Gasteiger partial charge in [0.15, 0.2) is 11.7 Å². The largest absolute Gasteiger partial charge is 0.497 e. The lowest BCUT2D eigenvalue weighted by Gasteiger charge is -2.38. The fourth-order valence-corrected chi connectivity index (χ4v) is 2.95. The lowest BCUT2D eigenvalue weighted by atomic mass is 9.87. The van der Waals surface area contributed by atoms with Crippen LogP contribution in [0.3, 0.4) is 0 Å². The Balaban J connectivity index is 2.15. The highest BCUT2D eigenvalue weighted by Gasteiger charge is 2.35. The highest BCUT2D eigenvalue weighted by atomic mass is 16.5. The molecule has 0 saturated carbocycles. The van der Waals surface area contributed by atoms with E-state index in [9.17, 15) is 9.59 Å². The van der Waals surface area contributed by atoms with E-state index in [4.69, 9.17) is 10.5 Å². The van der Waals surface area contributed by atoms with Gasteiger partial charge in [-0.1, -0.05) is 6.58 Å². The summed E-state index contributed by atoms with van der Waals surface area (Å²) in [6.45, 7) is 4.42. The van der Waals surface area contributed by atoms with Crippen molar-refractivity contribution in [3.05, 3.63) is 42.5 Å². The summed E-state index contributed by atoms with van der Waals surface area (Å²) in [5.74, 6) is 0.505. The molecule has 1 aliphatic heterocycles. The molecule has 2 atom stereocenters. The topological polar surface area (TPSA) is 97.0 Å². The Kier molecular flexibility index (Phi) is 6.16. The molecule has 0 aliphatic carbocycles. The number of methoxy groups -OCH3 is 1. The third-order valence-corrected chi connectivity index (χ3v) is 4.38.